The smallest absolute Gasteiger partial charge is 0.0638 e. The van der Waals surface area contributed by atoms with Gasteiger partial charge in [0.1, 0.15) is 0 Å². The summed E-state index contributed by atoms with van der Waals surface area (Å²) in [7, 11) is 2.03. The third kappa shape index (κ3) is 2.83. The van der Waals surface area contributed by atoms with Crippen molar-refractivity contribution in [3.8, 4) is 0 Å². The minimum absolute atomic E-state index is 0.552. The molecule has 6 aliphatic rings. The molecule has 10 atom stereocenters. The van der Waals surface area contributed by atoms with Crippen LogP contribution in [-0.2, 0) is 4.74 Å². The number of rotatable bonds is 4. The average molecular weight is 425 g/mol. The highest BCUT2D eigenvalue weighted by Gasteiger charge is 2.77. The van der Waals surface area contributed by atoms with Gasteiger partial charge in [-0.05, 0) is 116 Å². The highest BCUT2D eigenvalue weighted by molar-refractivity contribution is 5.26. The second kappa shape index (κ2) is 7.35. The maximum absolute atomic E-state index is 6.31. The van der Waals surface area contributed by atoms with Crippen LogP contribution in [0.5, 0.6) is 0 Å². The van der Waals surface area contributed by atoms with E-state index in [-0.39, 0.29) is 0 Å². The van der Waals surface area contributed by atoms with E-state index in [2.05, 4.69) is 32.9 Å². The van der Waals surface area contributed by atoms with Crippen LogP contribution < -0.4 is 0 Å². The second-order valence-electron chi connectivity index (χ2n) is 13.6. The van der Waals surface area contributed by atoms with Gasteiger partial charge in [0.05, 0.1) is 6.10 Å². The van der Waals surface area contributed by atoms with Gasteiger partial charge in [-0.15, -0.1) is 0 Å². The van der Waals surface area contributed by atoms with Gasteiger partial charge in [-0.3, -0.25) is 0 Å². The van der Waals surface area contributed by atoms with Gasteiger partial charge < -0.3 is 4.74 Å². The van der Waals surface area contributed by atoms with Crippen molar-refractivity contribution in [2.24, 2.45) is 57.7 Å². The van der Waals surface area contributed by atoms with Gasteiger partial charge in [-0.25, -0.2) is 0 Å². The quantitative estimate of drug-likeness (QED) is 0.415. The van der Waals surface area contributed by atoms with E-state index in [0.717, 1.165) is 41.4 Å². The topological polar surface area (TPSA) is 9.23 Å². The van der Waals surface area contributed by atoms with E-state index < -0.39 is 0 Å². The first-order valence-corrected chi connectivity index (χ1v) is 14.1. The van der Waals surface area contributed by atoms with Crippen molar-refractivity contribution in [1.82, 2.24) is 0 Å². The zero-order valence-electron chi connectivity index (χ0n) is 20.9. The third-order valence-electron chi connectivity index (χ3n) is 12.9. The lowest BCUT2D eigenvalue weighted by atomic mass is 9.45. The van der Waals surface area contributed by atoms with Crippen LogP contribution in [0.25, 0.3) is 0 Å². The molecule has 0 aromatic heterocycles. The van der Waals surface area contributed by atoms with Crippen molar-refractivity contribution < 1.29 is 4.74 Å². The van der Waals surface area contributed by atoms with E-state index in [1.165, 1.54) is 83.5 Å². The van der Waals surface area contributed by atoms with E-state index in [1.54, 1.807) is 0 Å². The summed E-state index contributed by atoms with van der Waals surface area (Å²) in [5.41, 5.74) is 1.72. The zero-order valence-corrected chi connectivity index (χ0v) is 20.9. The fourth-order valence-corrected chi connectivity index (χ4v) is 11.3. The Morgan fingerprint density at radius 3 is 2.45 bits per heavy atom. The molecule has 174 valence electrons. The number of hydrogen-bond acceptors (Lipinski definition) is 1. The number of ether oxygens (including phenoxy) is 1. The molecular formula is C30H48O. The fraction of sp³-hybridized carbons (Fsp3) is 0.933. The Kier molecular flexibility index (Phi) is 5.04. The molecule has 1 nitrogen and oxygen atoms in total. The molecule has 0 radical (unpaired) electrons. The van der Waals surface area contributed by atoms with Crippen LogP contribution in [0.1, 0.15) is 104 Å². The number of hydrogen-bond donors (Lipinski definition) is 0. The Labute approximate surface area is 192 Å². The molecule has 1 heteroatoms. The molecule has 6 aliphatic carbocycles. The maximum Gasteiger partial charge on any atom is 0.0638 e. The van der Waals surface area contributed by atoms with Crippen molar-refractivity contribution in [3.63, 3.8) is 0 Å². The van der Waals surface area contributed by atoms with Crippen LogP contribution in [0.2, 0.25) is 0 Å². The van der Waals surface area contributed by atoms with Crippen LogP contribution in [0.3, 0.4) is 0 Å². The molecule has 0 amide bonds. The molecule has 6 rings (SSSR count). The summed E-state index contributed by atoms with van der Waals surface area (Å²) < 4.78 is 6.31. The van der Waals surface area contributed by atoms with Crippen molar-refractivity contribution in [2.45, 2.75) is 110 Å². The summed E-state index contributed by atoms with van der Waals surface area (Å²) in [5, 5.41) is 0. The van der Waals surface area contributed by atoms with Gasteiger partial charge in [0.15, 0.2) is 0 Å². The molecule has 0 unspecified atom stereocenters. The molecule has 0 N–H and O–H groups in total. The molecule has 0 bridgehead atoms. The SMILES string of the molecule is CO[C@@H]1C[C@H]2[C@@H]3CC[C@H]([C@H](C)/C=C/C4CCCCC4)[C@@]3(C)CC[C@@H]2[C@@]2(C)CC[C@H]3C[C@]312. The Morgan fingerprint density at radius 2 is 1.71 bits per heavy atom. The van der Waals surface area contributed by atoms with Gasteiger partial charge in [0.25, 0.3) is 0 Å². The Morgan fingerprint density at radius 1 is 0.903 bits per heavy atom. The second-order valence-corrected chi connectivity index (χ2v) is 13.6. The largest absolute Gasteiger partial charge is 0.381 e. The van der Waals surface area contributed by atoms with Crippen LogP contribution in [0, 0.1) is 57.7 Å². The van der Waals surface area contributed by atoms with Crippen molar-refractivity contribution >= 4 is 0 Å². The summed E-state index contributed by atoms with van der Waals surface area (Å²) in [6, 6.07) is 0. The van der Waals surface area contributed by atoms with E-state index in [9.17, 15) is 0 Å². The minimum Gasteiger partial charge on any atom is -0.381 e. The molecule has 1 spiro atoms. The van der Waals surface area contributed by atoms with Crippen molar-refractivity contribution in [3.05, 3.63) is 12.2 Å². The van der Waals surface area contributed by atoms with Crippen LogP contribution in [0.15, 0.2) is 12.2 Å². The zero-order chi connectivity index (χ0) is 21.4. The number of methoxy groups -OCH3 is 1. The molecule has 0 aromatic carbocycles. The van der Waals surface area contributed by atoms with E-state index in [1.807, 2.05) is 7.11 Å². The summed E-state index contributed by atoms with van der Waals surface area (Å²) >= 11 is 0. The lowest BCUT2D eigenvalue weighted by Crippen LogP contribution is -2.57. The van der Waals surface area contributed by atoms with Crippen molar-refractivity contribution in [1.29, 1.82) is 0 Å². The summed E-state index contributed by atoms with van der Waals surface area (Å²) in [5.74, 6) is 6.40. The molecule has 6 saturated carbocycles. The van der Waals surface area contributed by atoms with E-state index in [0.29, 0.717) is 22.3 Å². The predicted octanol–water partition coefficient (Wildman–Crippen LogP) is 8.04. The van der Waals surface area contributed by atoms with Crippen LogP contribution in [-0.4, -0.2) is 13.2 Å². The molecule has 31 heavy (non-hydrogen) atoms. The van der Waals surface area contributed by atoms with Gasteiger partial charge in [-0.2, -0.15) is 0 Å². The highest BCUT2D eigenvalue weighted by Crippen LogP contribution is 2.82. The van der Waals surface area contributed by atoms with Crippen LogP contribution in [0.4, 0.5) is 0 Å². The Balaban J connectivity index is 1.22. The number of fused-ring (bicyclic) bond motifs is 4. The summed E-state index contributed by atoms with van der Waals surface area (Å²) in [6.45, 7) is 8.00. The highest BCUT2D eigenvalue weighted by atomic mass is 16.5. The monoisotopic (exact) mass is 424 g/mol. The molecule has 0 aliphatic heterocycles. The Bertz CT molecular complexity index is 720. The van der Waals surface area contributed by atoms with Gasteiger partial charge in [0, 0.05) is 12.5 Å². The molecule has 0 heterocycles. The average Bonchev–Trinajstić information content (AvgIpc) is 3.29. The fourth-order valence-electron chi connectivity index (χ4n) is 11.3. The normalized spacial score (nSPS) is 54.8. The lowest BCUT2D eigenvalue weighted by molar-refractivity contribution is -0.160. The maximum atomic E-state index is 6.31. The van der Waals surface area contributed by atoms with Crippen molar-refractivity contribution in [2.75, 3.05) is 7.11 Å². The first-order chi connectivity index (χ1) is 14.9. The number of allylic oxidation sites excluding steroid dienone is 2. The first kappa shape index (κ1) is 21.2. The molecule has 0 saturated heterocycles. The lowest BCUT2D eigenvalue weighted by Gasteiger charge is -2.61. The minimum atomic E-state index is 0.552. The molecule has 0 aromatic rings. The Hall–Kier alpha value is -0.300. The van der Waals surface area contributed by atoms with Gasteiger partial charge in [0.2, 0.25) is 0 Å². The first-order valence-electron chi connectivity index (χ1n) is 14.1. The molecular weight excluding hydrogens is 376 g/mol. The van der Waals surface area contributed by atoms with Gasteiger partial charge in [-0.1, -0.05) is 52.2 Å². The van der Waals surface area contributed by atoms with E-state index in [4.69, 9.17) is 4.74 Å². The summed E-state index contributed by atoms with van der Waals surface area (Å²) in [4.78, 5) is 0. The predicted molar refractivity (Wildman–Crippen MR) is 129 cm³/mol. The molecule has 6 fully saturated rings. The third-order valence-corrected chi connectivity index (χ3v) is 12.9. The summed E-state index contributed by atoms with van der Waals surface area (Å²) in [6.07, 6.45) is 25.0. The van der Waals surface area contributed by atoms with E-state index >= 15 is 0 Å². The van der Waals surface area contributed by atoms with Crippen LogP contribution >= 0.6 is 0 Å². The van der Waals surface area contributed by atoms with Gasteiger partial charge >= 0.3 is 0 Å². The standard InChI is InChI=1S/C30H48O/c1-20(10-11-21-8-6-5-7-9-21)24-12-13-25-23-18-27(31-4)30-19-22(30)14-17-29(30,3)26(23)15-16-28(24,25)2/h10-11,20-27H,5-9,12-19H2,1-4H3/b11-10+/t20-,22+,23+,24-,25+,26+,27-,28-,29-,30+/m1/s1.